The third-order valence-corrected chi connectivity index (χ3v) is 6.10. The van der Waals surface area contributed by atoms with E-state index in [0.717, 1.165) is 16.7 Å². The summed E-state index contributed by atoms with van der Waals surface area (Å²) in [4.78, 5) is 12.8. The van der Waals surface area contributed by atoms with Crippen LogP contribution < -0.4 is 15.4 Å². The Balaban J connectivity index is 1.60. The Labute approximate surface area is 207 Å². The highest BCUT2D eigenvalue weighted by atomic mass is 35.5. The summed E-state index contributed by atoms with van der Waals surface area (Å²) in [5.74, 6) is 0.231. The Morgan fingerprint density at radius 1 is 1.00 bits per heavy atom. The number of esters is 1. The molecule has 1 atom stereocenters. The van der Waals surface area contributed by atoms with Crippen LogP contribution in [0.1, 0.15) is 22.7 Å². The Morgan fingerprint density at radius 2 is 1.73 bits per heavy atom. The van der Waals surface area contributed by atoms with Gasteiger partial charge in [0.1, 0.15) is 12.4 Å². The third-order valence-electron chi connectivity index (χ3n) is 5.14. The first-order valence-electron chi connectivity index (χ1n) is 10.1. The number of thiocarbonyl (C=S) groups is 1. The predicted octanol–water partition coefficient (Wildman–Crippen LogP) is 5.68. The monoisotopic (exact) mass is 498 g/mol. The smallest absolute Gasteiger partial charge is 0.338 e. The number of methoxy groups -OCH3 is 1. The second-order valence-corrected chi connectivity index (χ2v) is 8.51. The second-order valence-electron chi connectivity index (χ2n) is 7.28. The molecule has 0 saturated heterocycles. The lowest BCUT2D eigenvalue weighted by Crippen LogP contribution is -2.45. The van der Waals surface area contributed by atoms with Gasteiger partial charge in [-0.3, -0.25) is 0 Å². The molecule has 0 radical (unpaired) electrons. The molecule has 1 heterocycles. The Bertz CT molecular complexity index is 1210. The average Bonchev–Trinajstić information content (AvgIpc) is 2.84. The zero-order chi connectivity index (χ0) is 23.4. The first-order valence-corrected chi connectivity index (χ1v) is 11.2. The van der Waals surface area contributed by atoms with E-state index in [2.05, 4.69) is 10.6 Å². The maximum atomic E-state index is 12.8. The van der Waals surface area contributed by atoms with Gasteiger partial charge in [0.15, 0.2) is 5.11 Å². The van der Waals surface area contributed by atoms with Crippen molar-refractivity contribution in [2.75, 3.05) is 7.11 Å². The fourth-order valence-corrected chi connectivity index (χ4v) is 4.07. The van der Waals surface area contributed by atoms with Crippen molar-refractivity contribution in [1.82, 2.24) is 10.6 Å². The minimum absolute atomic E-state index is 0.345. The molecule has 33 heavy (non-hydrogen) atoms. The fourth-order valence-electron chi connectivity index (χ4n) is 3.53. The Morgan fingerprint density at radius 3 is 2.39 bits per heavy atom. The van der Waals surface area contributed by atoms with Crippen molar-refractivity contribution in [3.63, 3.8) is 0 Å². The number of hydrogen-bond donors (Lipinski definition) is 2. The molecule has 0 bridgehead atoms. The summed E-state index contributed by atoms with van der Waals surface area (Å²) in [6.45, 7) is 0.345. The standard InChI is InChI=1S/C25H20Cl2N2O3S/c1-31-24(30)21-22(16-5-3-2-4-6-16)28-25(33)29-23(21)17-8-10-18(11-9-17)32-14-15-7-12-19(26)20(27)13-15/h2-13,23H,14H2,1H3,(H2,28,29,33)/t23-/m0/s1. The van der Waals surface area contributed by atoms with Gasteiger partial charge >= 0.3 is 5.97 Å². The van der Waals surface area contributed by atoms with Gasteiger partial charge in [-0.25, -0.2) is 4.79 Å². The van der Waals surface area contributed by atoms with Crippen LogP contribution in [0.4, 0.5) is 0 Å². The molecular formula is C25H20Cl2N2O3S. The molecule has 0 fully saturated rings. The largest absolute Gasteiger partial charge is 0.489 e. The number of rotatable bonds is 6. The van der Waals surface area contributed by atoms with Gasteiger partial charge in [0, 0.05) is 0 Å². The van der Waals surface area contributed by atoms with Crippen LogP contribution in [0.3, 0.4) is 0 Å². The maximum absolute atomic E-state index is 12.8. The predicted molar refractivity (Wildman–Crippen MR) is 134 cm³/mol. The Hall–Kier alpha value is -3.06. The van der Waals surface area contributed by atoms with Crippen LogP contribution in [0.2, 0.25) is 10.0 Å². The van der Waals surface area contributed by atoms with E-state index in [9.17, 15) is 4.79 Å². The van der Waals surface area contributed by atoms with Crippen molar-refractivity contribution in [3.8, 4) is 5.75 Å². The second kappa shape index (κ2) is 10.3. The van der Waals surface area contributed by atoms with Crippen LogP contribution in [0.25, 0.3) is 5.70 Å². The molecule has 3 aromatic carbocycles. The van der Waals surface area contributed by atoms with E-state index in [-0.39, 0.29) is 0 Å². The molecule has 2 N–H and O–H groups in total. The molecule has 1 aliphatic rings. The molecule has 8 heteroatoms. The molecule has 0 aromatic heterocycles. The highest BCUT2D eigenvalue weighted by molar-refractivity contribution is 7.80. The zero-order valence-corrected chi connectivity index (χ0v) is 19.9. The number of carbonyl (C=O) groups is 1. The lowest BCUT2D eigenvalue weighted by atomic mass is 9.93. The fraction of sp³-hybridized carbons (Fsp3) is 0.120. The minimum Gasteiger partial charge on any atom is -0.489 e. The van der Waals surface area contributed by atoms with Crippen LogP contribution >= 0.6 is 35.4 Å². The van der Waals surface area contributed by atoms with Gasteiger partial charge in [-0.05, 0) is 53.2 Å². The Kier molecular flexibility index (Phi) is 7.18. The molecule has 1 aliphatic heterocycles. The van der Waals surface area contributed by atoms with E-state index in [1.54, 1.807) is 12.1 Å². The molecule has 168 valence electrons. The molecule has 0 amide bonds. The van der Waals surface area contributed by atoms with Gasteiger partial charge in [0.2, 0.25) is 0 Å². The lowest BCUT2D eigenvalue weighted by Gasteiger charge is -2.31. The van der Waals surface area contributed by atoms with E-state index in [1.807, 2.05) is 60.7 Å². The summed E-state index contributed by atoms with van der Waals surface area (Å²) in [6.07, 6.45) is 0. The van der Waals surface area contributed by atoms with Crippen molar-refractivity contribution < 1.29 is 14.3 Å². The highest BCUT2D eigenvalue weighted by Gasteiger charge is 2.32. The molecule has 5 nitrogen and oxygen atoms in total. The van der Waals surface area contributed by atoms with Crippen LogP contribution in [-0.2, 0) is 16.1 Å². The highest BCUT2D eigenvalue weighted by Crippen LogP contribution is 2.33. The van der Waals surface area contributed by atoms with Crippen molar-refractivity contribution in [1.29, 1.82) is 0 Å². The van der Waals surface area contributed by atoms with Crippen LogP contribution in [0.15, 0.2) is 78.4 Å². The quantitative estimate of drug-likeness (QED) is 0.337. The molecule has 0 saturated carbocycles. The van der Waals surface area contributed by atoms with Gasteiger partial charge in [-0.15, -0.1) is 0 Å². The van der Waals surface area contributed by atoms with E-state index in [4.69, 9.17) is 44.9 Å². The maximum Gasteiger partial charge on any atom is 0.338 e. The van der Waals surface area contributed by atoms with E-state index < -0.39 is 12.0 Å². The lowest BCUT2D eigenvalue weighted by molar-refractivity contribution is -0.136. The summed E-state index contributed by atoms with van der Waals surface area (Å²) in [5, 5.41) is 7.70. The van der Waals surface area contributed by atoms with Gasteiger partial charge in [0.25, 0.3) is 0 Å². The molecule has 0 unspecified atom stereocenters. The third kappa shape index (κ3) is 5.30. The van der Waals surface area contributed by atoms with E-state index >= 15 is 0 Å². The first kappa shape index (κ1) is 23.1. The minimum atomic E-state index is -0.481. The summed E-state index contributed by atoms with van der Waals surface area (Å²) in [6, 6.07) is 21.9. The summed E-state index contributed by atoms with van der Waals surface area (Å²) >= 11 is 17.5. The van der Waals surface area contributed by atoms with Crippen molar-refractivity contribution in [2.45, 2.75) is 12.6 Å². The normalized spacial score (nSPS) is 15.5. The number of benzene rings is 3. The zero-order valence-electron chi connectivity index (χ0n) is 17.6. The van der Waals surface area contributed by atoms with Crippen molar-refractivity contribution in [3.05, 3.63) is 105 Å². The van der Waals surface area contributed by atoms with Gasteiger partial charge in [-0.2, -0.15) is 0 Å². The number of carbonyl (C=O) groups excluding carboxylic acids is 1. The molecule has 3 aromatic rings. The average molecular weight is 499 g/mol. The topological polar surface area (TPSA) is 59.6 Å². The van der Waals surface area contributed by atoms with Crippen molar-refractivity contribution >= 4 is 52.2 Å². The molecule has 0 spiro atoms. The van der Waals surface area contributed by atoms with Crippen LogP contribution in [-0.4, -0.2) is 18.2 Å². The van der Waals surface area contributed by atoms with Crippen molar-refractivity contribution in [2.24, 2.45) is 0 Å². The van der Waals surface area contributed by atoms with Crippen LogP contribution in [0.5, 0.6) is 5.75 Å². The summed E-state index contributed by atoms with van der Waals surface area (Å²) < 4.78 is 11.0. The SMILES string of the molecule is COC(=O)C1=C(c2ccccc2)NC(=S)N[C@H]1c1ccc(OCc2ccc(Cl)c(Cl)c2)cc1. The van der Waals surface area contributed by atoms with Gasteiger partial charge in [-0.1, -0.05) is 71.7 Å². The number of nitrogens with one attached hydrogen (secondary N) is 2. The summed E-state index contributed by atoms with van der Waals surface area (Å²) in [5.41, 5.74) is 3.66. The number of hydrogen-bond acceptors (Lipinski definition) is 4. The van der Waals surface area contributed by atoms with Gasteiger partial charge < -0.3 is 20.1 Å². The molecule has 4 rings (SSSR count). The van der Waals surface area contributed by atoms with Gasteiger partial charge in [0.05, 0.1) is 34.5 Å². The first-order chi connectivity index (χ1) is 16.0. The number of ether oxygens (including phenoxy) is 2. The summed E-state index contributed by atoms with van der Waals surface area (Å²) in [7, 11) is 1.36. The molecule has 0 aliphatic carbocycles. The number of halogens is 2. The van der Waals surface area contributed by atoms with E-state index in [1.165, 1.54) is 7.11 Å². The van der Waals surface area contributed by atoms with E-state index in [0.29, 0.717) is 38.8 Å². The molecular weight excluding hydrogens is 479 g/mol. The van der Waals surface area contributed by atoms with Crippen LogP contribution in [0, 0.1) is 0 Å².